The second-order valence-corrected chi connectivity index (χ2v) is 15.3. The van der Waals surface area contributed by atoms with Crippen LogP contribution in [0, 0.1) is 0 Å². The quantitative estimate of drug-likeness (QED) is 0.174. The SMILES string of the molecule is CC1(C)c2ccccc2-c2c(-n3c4c(c5cc(-c6ccc7c(c6)c6ccccc6n7-c6ccc(-c7ccccc7)cc6)ccc53)C=CCC=C4)cccc21. The zero-order chi connectivity index (χ0) is 36.0. The molecule has 0 unspecified atom stereocenters. The number of hydrogen-bond acceptors (Lipinski definition) is 0. The Morgan fingerprint density at radius 2 is 1.09 bits per heavy atom. The lowest BCUT2D eigenvalue weighted by Crippen LogP contribution is -2.15. The lowest BCUT2D eigenvalue weighted by molar-refractivity contribution is 0.660. The molecule has 0 spiro atoms. The first-order chi connectivity index (χ1) is 26.6. The van der Waals surface area contributed by atoms with E-state index in [-0.39, 0.29) is 5.41 Å². The molecular formula is C52H38N2. The van der Waals surface area contributed by atoms with Crippen molar-refractivity contribution in [1.29, 1.82) is 0 Å². The second-order valence-electron chi connectivity index (χ2n) is 15.3. The third kappa shape index (κ3) is 4.47. The lowest BCUT2D eigenvalue weighted by atomic mass is 9.82. The average Bonchev–Trinajstić information content (AvgIpc) is 3.70. The van der Waals surface area contributed by atoms with E-state index >= 15 is 0 Å². The fraction of sp³-hybridized carbons (Fsp3) is 0.0769. The Labute approximate surface area is 315 Å². The summed E-state index contributed by atoms with van der Waals surface area (Å²) in [5, 5.41) is 3.79. The Balaban J connectivity index is 1.07. The van der Waals surface area contributed by atoms with Crippen LogP contribution in [0.3, 0.4) is 0 Å². The number of para-hydroxylation sites is 1. The fourth-order valence-corrected chi connectivity index (χ4v) is 9.34. The molecule has 2 heteroatoms. The predicted octanol–water partition coefficient (Wildman–Crippen LogP) is 13.8. The maximum absolute atomic E-state index is 2.51. The largest absolute Gasteiger partial charge is 0.309 e. The summed E-state index contributed by atoms with van der Waals surface area (Å²) in [5.41, 5.74) is 18.9. The third-order valence-electron chi connectivity index (χ3n) is 11.9. The highest BCUT2D eigenvalue weighted by atomic mass is 15.0. The highest BCUT2D eigenvalue weighted by Crippen LogP contribution is 2.52. The second kappa shape index (κ2) is 11.7. The number of benzene rings is 7. The van der Waals surface area contributed by atoms with E-state index < -0.39 is 0 Å². The van der Waals surface area contributed by atoms with Crippen LogP contribution in [0.1, 0.15) is 42.7 Å². The number of fused-ring (bicyclic) bond motifs is 9. The topological polar surface area (TPSA) is 9.86 Å². The van der Waals surface area contributed by atoms with Gasteiger partial charge in [-0.2, -0.15) is 0 Å². The summed E-state index contributed by atoms with van der Waals surface area (Å²) < 4.78 is 4.92. The van der Waals surface area contributed by atoms with Gasteiger partial charge in [0.15, 0.2) is 0 Å². The Hall–Kier alpha value is -6.64. The van der Waals surface area contributed by atoms with E-state index in [0.717, 1.165) is 12.1 Å². The van der Waals surface area contributed by atoms with Gasteiger partial charge in [0.2, 0.25) is 0 Å². The molecule has 2 aromatic heterocycles. The van der Waals surface area contributed by atoms with E-state index in [9.17, 15) is 0 Å². The lowest BCUT2D eigenvalue weighted by Gasteiger charge is -2.22. The van der Waals surface area contributed by atoms with Crippen molar-refractivity contribution in [3.63, 3.8) is 0 Å². The highest BCUT2D eigenvalue weighted by molar-refractivity contribution is 6.11. The van der Waals surface area contributed by atoms with E-state index in [0.29, 0.717) is 0 Å². The van der Waals surface area contributed by atoms with Crippen LogP contribution >= 0.6 is 0 Å². The van der Waals surface area contributed by atoms with Crippen molar-refractivity contribution in [2.45, 2.75) is 25.7 Å². The Bertz CT molecular complexity index is 3020. The molecular weight excluding hydrogens is 653 g/mol. The minimum Gasteiger partial charge on any atom is -0.309 e. The molecule has 256 valence electrons. The smallest absolute Gasteiger partial charge is 0.0543 e. The van der Waals surface area contributed by atoms with Crippen LogP contribution in [-0.2, 0) is 5.41 Å². The molecule has 0 fully saturated rings. The van der Waals surface area contributed by atoms with Gasteiger partial charge in [-0.3, -0.25) is 0 Å². The van der Waals surface area contributed by atoms with Gasteiger partial charge in [-0.05, 0) is 100.0 Å². The van der Waals surface area contributed by atoms with Crippen LogP contribution in [0.15, 0.2) is 170 Å². The van der Waals surface area contributed by atoms with Gasteiger partial charge in [-0.1, -0.05) is 141 Å². The molecule has 0 aliphatic heterocycles. The zero-order valence-corrected chi connectivity index (χ0v) is 30.4. The summed E-state index contributed by atoms with van der Waals surface area (Å²) in [7, 11) is 0. The molecule has 0 radical (unpaired) electrons. The number of aromatic nitrogens is 2. The van der Waals surface area contributed by atoms with E-state index in [4.69, 9.17) is 0 Å². The van der Waals surface area contributed by atoms with E-state index in [2.05, 4.69) is 205 Å². The molecule has 2 heterocycles. The molecule has 11 rings (SSSR count). The Kier molecular flexibility index (Phi) is 6.69. The van der Waals surface area contributed by atoms with Crippen molar-refractivity contribution in [3.05, 3.63) is 192 Å². The zero-order valence-electron chi connectivity index (χ0n) is 30.4. The Morgan fingerprint density at radius 1 is 0.463 bits per heavy atom. The molecule has 2 nitrogen and oxygen atoms in total. The maximum Gasteiger partial charge on any atom is 0.0543 e. The minimum atomic E-state index is -0.0574. The van der Waals surface area contributed by atoms with E-state index in [1.807, 2.05) is 0 Å². The summed E-state index contributed by atoms with van der Waals surface area (Å²) in [4.78, 5) is 0. The molecule has 0 saturated carbocycles. The standard InChI is InChI=1S/C52H38N2/c1-52(2)44-19-11-9-18-41(44)51-45(52)20-13-23-50(51)54-47-21-8-4-7-16-40(47)43-33-37(27-31-49(43)54)36-26-30-48-42(32-36)39-17-10-12-22-46(39)53(48)38-28-24-35(25-29-38)34-14-5-3-6-15-34/h3,5-33H,4H2,1-2H3. The molecule has 0 saturated heterocycles. The van der Waals surface area contributed by atoms with Crippen molar-refractivity contribution in [2.75, 3.05) is 0 Å². The minimum absolute atomic E-state index is 0.0574. The summed E-state index contributed by atoms with van der Waals surface area (Å²) in [6, 6.07) is 58.3. The van der Waals surface area contributed by atoms with Gasteiger partial charge >= 0.3 is 0 Å². The number of rotatable bonds is 4. The summed E-state index contributed by atoms with van der Waals surface area (Å²) in [6.45, 7) is 4.72. The highest BCUT2D eigenvalue weighted by Gasteiger charge is 2.37. The predicted molar refractivity (Wildman–Crippen MR) is 229 cm³/mol. The van der Waals surface area contributed by atoms with Crippen LogP contribution in [0.25, 0.3) is 89.6 Å². The first-order valence-corrected chi connectivity index (χ1v) is 19.0. The molecule has 2 aliphatic rings. The molecule has 9 aromatic rings. The van der Waals surface area contributed by atoms with Crippen molar-refractivity contribution in [3.8, 4) is 44.8 Å². The van der Waals surface area contributed by atoms with Gasteiger partial charge in [0, 0.05) is 38.4 Å². The van der Waals surface area contributed by atoms with E-state index in [1.54, 1.807) is 0 Å². The molecule has 54 heavy (non-hydrogen) atoms. The van der Waals surface area contributed by atoms with Gasteiger partial charge in [0.05, 0.1) is 27.9 Å². The van der Waals surface area contributed by atoms with Crippen molar-refractivity contribution < 1.29 is 0 Å². The Morgan fingerprint density at radius 3 is 1.93 bits per heavy atom. The van der Waals surface area contributed by atoms with Crippen molar-refractivity contribution in [1.82, 2.24) is 9.13 Å². The number of nitrogens with zero attached hydrogens (tertiary/aromatic N) is 2. The molecule has 0 N–H and O–H groups in total. The van der Waals surface area contributed by atoms with Crippen molar-refractivity contribution in [2.24, 2.45) is 0 Å². The summed E-state index contributed by atoms with van der Waals surface area (Å²) >= 11 is 0. The first kappa shape index (κ1) is 30.9. The maximum atomic E-state index is 2.51. The van der Waals surface area contributed by atoms with Crippen LogP contribution < -0.4 is 0 Å². The first-order valence-electron chi connectivity index (χ1n) is 19.0. The summed E-state index contributed by atoms with van der Waals surface area (Å²) in [6.07, 6.45) is 10.2. The van der Waals surface area contributed by atoms with E-state index in [1.165, 1.54) is 94.2 Å². The molecule has 0 amide bonds. The molecule has 0 bridgehead atoms. The van der Waals surface area contributed by atoms with Gasteiger partial charge in [-0.15, -0.1) is 0 Å². The van der Waals surface area contributed by atoms with Gasteiger partial charge in [0.25, 0.3) is 0 Å². The van der Waals surface area contributed by atoms with Gasteiger partial charge in [-0.25, -0.2) is 0 Å². The number of allylic oxidation sites excluding steroid dienone is 2. The van der Waals surface area contributed by atoms with Gasteiger partial charge in [0.1, 0.15) is 0 Å². The normalized spacial score (nSPS) is 14.0. The van der Waals surface area contributed by atoms with Crippen molar-refractivity contribution >= 4 is 44.9 Å². The van der Waals surface area contributed by atoms with Crippen LogP contribution in [0.2, 0.25) is 0 Å². The molecule has 2 aliphatic carbocycles. The monoisotopic (exact) mass is 690 g/mol. The fourth-order valence-electron chi connectivity index (χ4n) is 9.34. The van der Waals surface area contributed by atoms with Crippen LogP contribution in [0.4, 0.5) is 0 Å². The molecule has 0 atom stereocenters. The van der Waals surface area contributed by atoms with Crippen LogP contribution in [-0.4, -0.2) is 9.13 Å². The third-order valence-corrected chi connectivity index (χ3v) is 11.9. The van der Waals surface area contributed by atoms with Crippen LogP contribution in [0.5, 0.6) is 0 Å². The molecule has 7 aromatic carbocycles. The average molecular weight is 691 g/mol. The summed E-state index contributed by atoms with van der Waals surface area (Å²) in [5.74, 6) is 0. The number of hydrogen-bond donors (Lipinski definition) is 0. The van der Waals surface area contributed by atoms with Gasteiger partial charge < -0.3 is 9.13 Å².